The molecule has 0 saturated carbocycles. The first-order valence-corrected chi connectivity index (χ1v) is 7.96. The molecule has 2 N–H and O–H groups in total. The molecule has 0 aromatic heterocycles. The maximum absolute atomic E-state index is 9.08. The Morgan fingerprint density at radius 1 is 1.35 bits per heavy atom. The Balaban J connectivity index is 1.98. The average Bonchev–Trinajstić information content (AvgIpc) is 2.44. The van der Waals surface area contributed by atoms with E-state index in [0.29, 0.717) is 24.0 Å². The van der Waals surface area contributed by atoms with Crippen molar-refractivity contribution in [2.24, 2.45) is 11.3 Å². The number of fused-ring (bicyclic) bond motifs is 1. The summed E-state index contributed by atoms with van der Waals surface area (Å²) in [5.74, 6) is 0.420. The third-order valence-corrected chi connectivity index (χ3v) is 4.72. The smallest absolute Gasteiger partial charge is 0.0456 e. The van der Waals surface area contributed by atoms with Gasteiger partial charge in [0.1, 0.15) is 0 Å². The van der Waals surface area contributed by atoms with Gasteiger partial charge in [-0.25, -0.2) is 0 Å². The van der Waals surface area contributed by atoms with Gasteiger partial charge in [-0.2, -0.15) is 0 Å². The Bertz CT molecular complexity index is 427. The molecule has 2 nitrogen and oxygen atoms in total. The predicted octanol–water partition coefficient (Wildman–Crippen LogP) is 3.70. The first kappa shape index (κ1) is 15.5. The zero-order valence-electron chi connectivity index (χ0n) is 13.2. The molecule has 1 aliphatic carbocycles. The van der Waals surface area contributed by atoms with Crippen LogP contribution in [0.1, 0.15) is 57.2 Å². The van der Waals surface area contributed by atoms with Crippen molar-refractivity contribution in [3.63, 3.8) is 0 Å². The van der Waals surface area contributed by atoms with Crippen LogP contribution in [0.2, 0.25) is 0 Å². The summed E-state index contributed by atoms with van der Waals surface area (Å²) in [5.41, 5.74) is 3.31. The van der Waals surface area contributed by atoms with Crippen LogP contribution in [-0.2, 0) is 6.42 Å². The van der Waals surface area contributed by atoms with Crippen LogP contribution in [0.15, 0.2) is 24.3 Å². The molecule has 0 saturated heterocycles. The van der Waals surface area contributed by atoms with Gasteiger partial charge < -0.3 is 10.4 Å². The van der Waals surface area contributed by atoms with Gasteiger partial charge >= 0.3 is 0 Å². The van der Waals surface area contributed by atoms with Crippen LogP contribution >= 0.6 is 0 Å². The molecule has 20 heavy (non-hydrogen) atoms. The lowest BCUT2D eigenvalue weighted by Gasteiger charge is -2.41. The van der Waals surface area contributed by atoms with Crippen molar-refractivity contribution in [2.45, 2.75) is 52.5 Å². The van der Waals surface area contributed by atoms with Crippen molar-refractivity contribution in [2.75, 3.05) is 13.2 Å². The monoisotopic (exact) mass is 275 g/mol. The molecule has 0 heterocycles. The van der Waals surface area contributed by atoms with Crippen molar-refractivity contribution in [3.05, 3.63) is 35.4 Å². The van der Waals surface area contributed by atoms with Crippen LogP contribution < -0.4 is 5.32 Å². The van der Waals surface area contributed by atoms with E-state index in [4.69, 9.17) is 5.11 Å². The number of rotatable bonds is 6. The molecule has 1 aromatic rings. The zero-order valence-corrected chi connectivity index (χ0v) is 13.2. The van der Waals surface area contributed by atoms with Crippen LogP contribution in [0.4, 0.5) is 0 Å². The molecule has 0 radical (unpaired) electrons. The van der Waals surface area contributed by atoms with Gasteiger partial charge in [-0.3, -0.25) is 0 Å². The van der Waals surface area contributed by atoms with E-state index in [-0.39, 0.29) is 0 Å². The third-order valence-electron chi connectivity index (χ3n) is 4.72. The van der Waals surface area contributed by atoms with Gasteiger partial charge in [0.25, 0.3) is 0 Å². The summed E-state index contributed by atoms with van der Waals surface area (Å²) in [6.45, 7) is 8.19. The second kappa shape index (κ2) is 6.73. The molecule has 1 aliphatic rings. The van der Waals surface area contributed by atoms with Crippen LogP contribution in [0.5, 0.6) is 0 Å². The Labute approximate surface area is 123 Å². The van der Waals surface area contributed by atoms with E-state index >= 15 is 0 Å². The summed E-state index contributed by atoms with van der Waals surface area (Å²) in [6.07, 6.45) is 4.67. The number of hydrogen-bond donors (Lipinski definition) is 2. The van der Waals surface area contributed by atoms with E-state index in [1.807, 2.05) is 0 Å². The van der Waals surface area contributed by atoms with Crippen molar-refractivity contribution < 1.29 is 5.11 Å². The highest BCUT2D eigenvalue weighted by Gasteiger charge is 2.34. The standard InChI is InChI=1S/C18H29NO/c1-14(13-20)7-6-12-19-17-16-9-5-4-8-15(16)10-11-18(17,2)3/h4-5,8-9,14,17,19-20H,6-7,10-13H2,1-3H3. The SMILES string of the molecule is CC(CO)CCCNC1c2ccccc2CCC1(C)C. The van der Waals surface area contributed by atoms with Gasteiger partial charge in [0.2, 0.25) is 0 Å². The molecule has 2 heteroatoms. The molecule has 112 valence electrons. The molecule has 1 aromatic carbocycles. The number of nitrogens with one attached hydrogen (secondary N) is 1. The van der Waals surface area contributed by atoms with E-state index in [1.165, 1.54) is 24.0 Å². The number of benzene rings is 1. The third kappa shape index (κ3) is 3.62. The van der Waals surface area contributed by atoms with Crippen molar-refractivity contribution in [3.8, 4) is 0 Å². The molecular formula is C18H29NO. The Morgan fingerprint density at radius 2 is 2.10 bits per heavy atom. The summed E-state index contributed by atoms with van der Waals surface area (Å²) < 4.78 is 0. The highest BCUT2D eigenvalue weighted by atomic mass is 16.3. The lowest BCUT2D eigenvalue weighted by atomic mass is 9.70. The van der Waals surface area contributed by atoms with E-state index in [0.717, 1.165) is 19.4 Å². The summed E-state index contributed by atoms with van der Waals surface area (Å²) in [5, 5.41) is 12.8. The lowest BCUT2D eigenvalue weighted by Crippen LogP contribution is -2.38. The Kier molecular flexibility index (Phi) is 5.22. The van der Waals surface area contributed by atoms with Crippen molar-refractivity contribution in [1.29, 1.82) is 0 Å². The van der Waals surface area contributed by atoms with E-state index in [1.54, 1.807) is 0 Å². The summed E-state index contributed by atoms with van der Waals surface area (Å²) in [7, 11) is 0. The first-order chi connectivity index (χ1) is 9.54. The molecule has 0 amide bonds. The van der Waals surface area contributed by atoms with Crippen LogP contribution in [0.3, 0.4) is 0 Å². The van der Waals surface area contributed by atoms with Gasteiger partial charge in [0, 0.05) is 12.6 Å². The molecule has 0 fully saturated rings. The Morgan fingerprint density at radius 3 is 2.85 bits per heavy atom. The minimum Gasteiger partial charge on any atom is -0.396 e. The second-order valence-electron chi connectivity index (χ2n) is 7.00. The lowest BCUT2D eigenvalue weighted by molar-refractivity contribution is 0.202. The molecule has 0 aliphatic heterocycles. The highest BCUT2D eigenvalue weighted by Crippen LogP contribution is 2.43. The first-order valence-electron chi connectivity index (χ1n) is 7.96. The average molecular weight is 275 g/mol. The Hall–Kier alpha value is -0.860. The fourth-order valence-electron chi connectivity index (χ4n) is 3.24. The largest absolute Gasteiger partial charge is 0.396 e. The van der Waals surface area contributed by atoms with Gasteiger partial charge in [-0.15, -0.1) is 0 Å². The van der Waals surface area contributed by atoms with Crippen LogP contribution in [0, 0.1) is 11.3 Å². The van der Waals surface area contributed by atoms with Crippen LogP contribution in [0.25, 0.3) is 0 Å². The highest BCUT2D eigenvalue weighted by molar-refractivity contribution is 5.34. The number of aryl methyl sites for hydroxylation is 1. The number of hydrogen-bond acceptors (Lipinski definition) is 2. The maximum atomic E-state index is 9.08. The van der Waals surface area contributed by atoms with E-state index < -0.39 is 0 Å². The van der Waals surface area contributed by atoms with Gasteiger partial charge in [-0.05, 0) is 54.7 Å². The molecule has 0 bridgehead atoms. The number of aliphatic hydroxyl groups is 1. The summed E-state index contributed by atoms with van der Waals surface area (Å²) in [6, 6.07) is 9.31. The van der Waals surface area contributed by atoms with Crippen LogP contribution in [-0.4, -0.2) is 18.3 Å². The quantitative estimate of drug-likeness (QED) is 0.776. The van der Waals surface area contributed by atoms with Gasteiger partial charge in [0.15, 0.2) is 0 Å². The molecule has 2 unspecified atom stereocenters. The van der Waals surface area contributed by atoms with Gasteiger partial charge in [0.05, 0.1) is 0 Å². The summed E-state index contributed by atoms with van der Waals surface area (Å²) in [4.78, 5) is 0. The van der Waals surface area contributed by atoms with E-state index in [9.17, 15) is 0 Å². The molecule has 2 rings (SSSR count). The van der Waals surface area contributed by atoms with Crippen molar-refractivity contribution >= 4 is 0 Å². The molecule has 2 atom stereocenters. The second-order valence-corrected chi connectivity index (χ2v) is 7.00. The number of aliphatic hydroxyl groups excluding tert-OH is 1. The van der Waals surface area contributed by atoms with E-state index in [2.05, 4.69) is 50.4 Å². The maximum Gasteiger partial charge on any atom is 0.0456 e. The topological polar surface area (TPSA) is 32.3 Å². The normalized spacial score (nSPS) is 22.3. The molecule has 0 spiro atoms. The molecular weight excluding hydrogens is 246 g/mol. The predicted molar refractivity (Wildman–Crippen MR) is 84.8 cm³/mol. The van der Waals surface area contributed by atoms with Gasteiger partial charge in [-0.1, -0.05) is 45.0 Å². The van der Waals surface area contributed by atoms with Crippen molar-refractivity contribution in [1.82, 2.24) is 5.32 Å². The zero-order chi connectivity index (χ0) is 14.6. The fraction of sp³-hybridized carbons (Fsp3) is 0.667. The minimum atomic E-state index is 0.303. The summed E-state index contributed by atoms with van der Waals surface area (Å²) >= 11 is 0. The fourth-order valence-corrected chi connectivity index (χ4v) is 3.24. The minimum absolute atomic E-state index is 0.303.